The highest BCUT2D eigenvalue weighted by molar-refractivity contribution is 7.88. The average Bonchev–Trinajstić information content (AvgIpc) is 3.31. The first-order valence-electron chi connectivity index (χ1n) is 10.0. The Morgan fingerprint density at radius 3 is 2.21 bits per heavy atom. The summed E-state index contributed by atoms with van der Waals surface area (Å²) in [5, 5.41) is 4.88. The van der Waals surface area contributed by atoms with Gasteiger partial charge in [0.25, 0.3) is 0 Å². The van der Waals surface area contributed by atoms with Crippen molar-refractivity contribution in [1.29, 1.82) is 0 Å². The van der Waals surface area contributed by atoms with Crippen molar-refractivity contribution in [3.63, 3.8) is 0 Å². The second kappa shape index (κ2) is 8.17. The number of benzene rings is 1. The van der Waals surface area contributed by atoms with Gasteiger partial charge in [0.1, 0.15) is 0 Å². The third-order valence-electron chi connectivity index (χ3n) is 5.64. The number of piperazine rings is 1. The van der Waals surface area contributed by atoms with Gasteiger partial charge in [0.05, 0.1) is 18.6 Å². The van der Waals surface area contributed by atoms with Gasteiger partial charge in [0.15, 0.2) is 0 Å². The number of sulfonamides is 1. The largest absolute Gasteiger partial charge is 0.341 e. The van der Waals surface area contributed by atoms with Crippen molar-refractivity contribution < 1.29 is 8.42 Å². The maximum absolute atomic E-state index is 11.7. The molecule has 2 aliphatic rings. The third kappa shape index (κ3) is 4.40. The Balaban J connectivity index is 1.60. The van der Waals surface area contributed by atoms with Crippen molar-refractivity contribution in [2.45, 2.75) is 26.4 Å². The van der Waals surface area contributed by atoms with Gasteiger partial charge in [0, 0.05) is 39.3 Å². The molecular weight excluding hydrogens is 408 g/mol. The molecule has 0 bridgehead atoms. The standard InChI is InChI=1S/C19H28N6O2S2/c1-16-5-7-17(8-6-16)25-18(22-9-3-4-10-22)20-24(19(25)28)15-21-11-13-23(14-12-21)29(2,26)27/h5-8H,3-4,9-15H2,1-2H3. The van der Waals surface area contributed by atoms with E-state index in [-0.39, 0.29) is 0 Å². The molecule has 0 spiro atoms. The van der Waals surface area contributed by atoms with Crippen molar-refractivity contribution in [2.75, 3.05) is 50.4 Å². The summed E-state index contributed by atoms with van der Waals surface area (Å²) in [6.07, 6.45) is 3.60. The van der Waals surface area contributed by atoms with Crippen molar-refractivity contribution in [2.24, 2.45) is 0 Å². The van der Waals surface area contributed by atoms with Crippen molar-refractivity contribution in [3.8, 4) is 5.69 Å². The van der Waals surface area contributed by atoms with Gasteiger partial charge >= 0.3 is 0 Å². The number of rotatable bonds is 5. The summed E-state index contributed by atoms with van der Waals surface area (Å²) >= 11 is 5.82. The zero-order valence-corrected chi connectivity index (χ0v) is 18.6. The van der Waals surface area contributed by atoms with Crippen LogP contribution in [0.2, 0.25) is 0 Å². The van der Waals surface area contributed by atoms with E-state index < -0.39 is 10.0 Å². The first-order valence-corrected chi connectivity index (χ1v) is 12.3. The quantitative estimate of drug-likeness (QED) is 0.667. The molecule has 158 valence electrons. The molecule has 0 unspecified atom stereocenters. The molecule has 4 rings (SSSR count). The normalized spacial score (nSPS) is 19.2. The molecule has 0 saturated carbocycles. The fourth-order valence-corrected chi connectivity index (χ4v) is 5.03. The molecule has 0 amide bonds. The highest BCUT2D eigenvalue weighted by atomic mass is 32.2. The van der Waals surface area contributed by atoms with Crippen LogP contribution >= 0.6 is 12.2 Å². The maximum Gasteiger partial charge on any atom is 0.230 e. The summed E-state index contributed by atoms with van der Waals surface area (Å²) in [6.45, 7) is 6.97. The number of nitrogens with zero attached hydrogens (tertiary/aromatic N) is 6. The Morgan fingerprint density at radius 2 is 1.62 bits per heavy atom. The lowest BCUT2D eigenvalue weighted by molar-refractivity contribution is 0.145. The van der Waals surface area contributed by atoms with E-state index in [1.54, 1.807) is 0 Å². The Bertz CT molecular complexity index is 1010. The molecule has 10 heteroatoms. The number of hydrogen-bond donors (Lipinski definition) is 0. The lowest BCUT2D eigenvalue weighted by Crippen LogP contribution is -2.48. The Hall–Kier alpha value is -1.75. The van der Waals surface area contributed by atoms with Gasteiger partial charge in [-0.05, 0) is 44.1 Å². The zero-order chi connectivity index (χ0) is 20.6. The van der Waals surface area contributed by atoms with E-state index in [1.165, 1.54) is 29.0 Å². The van der Waals surface area contributed by atoms with E-state index in [9.17, 15) is 8.42 Å². The topological polar surface area (TPSA) is 66.6 Å². The molecule has 2 fully saturated rings. The Labute approximate surface area is 177 Å². The van der Waals surface area contributed by atoms with Crippen LogP contribution in [0, 0.1) is 11.7 Å². The molecule has 1 aromatic heterocycles. The first kappa shape index (κ1) is 20.5. The lowest BCUT2D eigenvalue weighted by atomic mass is 10.2. The van der Waals surface area contributed by atoms with Crippen LogP contribution in [-0.4, -0.2) is 77.5 Å². The van der Waals surface area contributed by atoms with E-state index >= 15 is 0 Å². The monoisotopic (exact) mass is 436 g/mol. The predicted octanol–water partition coefficient (Wildman–Crippen LogP) is 1.85. The van der Waals surface area contributed by atoms with Crippen LogP contribution in [0.5, 0.6) is 0 Å². The second-order valence-corrected chi connectivity index (χ2v) is 10.2. The fourth-order valence-electron chi connectivity index (χ4n) is 3.92. The van der Waals surface area contributed by atoms with Crippen molar-refractivity contribution in [3.05, 3.63) is 34.6 Å². The molecule has 29 heavy (non-hydrogen) atoms. The van der Waals surface area contributed by atoms with E-state index in [1.807, 2.05) is 4.68 Å². The molecule has 2 aliphatic heterocycles. The third-order valence-corrected chi connectivity index (χ3v) is 7.33. The number of hydrogen-bond acceptors (Lipinski definition) is 6. The summed E-state index contributed by atoms with van der Waals surface area (Å²) in [5.41, 5.74) is 2.23. The van der Waals surface area contributed by atoms with Gasteiger partial charge in [-0.25, -0.2) is 13.1 Å². The van der Waals surface area contributed by atoms with Crippen LogP contribution in [-0.2, 0) is 16.7 Å². The smallest absolute Gasteiger partial charge is 0.230 e. The van der Waals surface area contributed by atoms with Gasteiger partial charge in [-0.15, -0.1) is 5.10 Å². The Morgan fingerprint density at radius 1 is 1.00 bits per heavy atom. The molecule has 3 heterocycles. The molecule has 0 N–H and O–H groups in total. The molecule has 0 atom stereocenters. The number of anilines is 1. The van der Waals surface area contributed by atoms with Crippen LogP contribution in [0.4, 0.5) is 5.95 Å². The van der Waals surface area contributed by atoms with Crippen LogP contribution in [0.15, 0.2) is 24.3 Å². The predicted molar refractivity (Wildman–Crippen MR) is 117 cm³/mol. The second-order valence-electron chi connectivity index (χ2n) is 7.87. The lowest BCUT2D eigenvalue weighted by Gasteiger charge is -2.32. The van der Waals surface area contributed by atoms with Gasteiger partial charge in [0.2, 0.25) is 20.7 Å². The molecule has 0 radical (unpaired) electrons. The summed E-state index contributed by atoms with van der Waals surface area (Å²) in [7, 11) is -3.13. The highest BCUT2D eigenvalue weighted by Gasteiger charge is 2.26. The van der Waals surface area contributed by atoms with Gasteiger partial charge in [-0.2, -0.15) is 4.31 Å². The van der Waals surface area contributed by atoms with Crippen LogP contribution < -0.4 is 4.90 Å². The van der Waals surface area contributed by atoms with Crippen molar-refractivity contribution >= 4 is 28.2 Å². The van der Waals surface area contributed by atoms with Gasteiger partial charge in [-0.3, -0.25) is 9.47 Å². The molecule has 2 aromatic rings. The van der Waals surface area contributed by atoms with Crippen LogP contribution in [0.3, 0.4) is 0 Å². The van der Waals surface area contributed by atoms with Gasteiger partial charge in [-0.1, -0.05) is 17.7 Å². The molecule has 2 saturated heterocycles. The van der Waals surface area contributed by atoms with E-state index in [2.05, 4.69) is 45.6 Å². The summed E-state index contributed by atoms with van der Waals surface area (Å²) in [4.78, 5) is 4.51. The fraction of sp³-hybridized carbons (Fsp3) is 0.579. The minimum absolute atomic E-state index is 0.504. The van der Waals surface area contributed by atoms with Crippen LogP contribution in [0.25, 0.3) is 5.69 Å². The van der Waals surface area contributed by atoms with E-state index in [0.717, 1.165) is 24.7 Å². The highest BCUT2D eigenvalue weighted by Crippen LogP contribution is 2.24. The Kier molecular flexibility index (Phi) is 5.78. The maximum atomic E-state index is 11.7. The number of aryl methyl sites for hydroxylation is 1. The molecule has 8 nitrogen and oxygen atoms in total. The molecule has 0 aliphatic carbocycles. The van der Waals surface area contributed by atoms with Crippen molar-refractivity contribution in [1.82, 2.24) is 23.6 Å². The molecular formula is C19H28N6O2S2. The minimum Gasteiger partial charge on any atom is -0.341 e. The SMILES string of the molecule is Cc1ccc(-n2c(N3CCCC3)nn(CN3CCN(S(C)(=O)=O)CC3)c2=S)cc1. The number of aromatic nitrogens is 3. The summed E-state index contributed by atoms with van der Waals surface area (Å²) in [5.74, 6) is 0.895. The van der Waals surface area contributed by atoms with E-state index in [0.29, 0.717) is 37.6 Å². The average molecular weight is 437 g/mol. The van der Waals surface area contributed by atoms with E-state index in [4.69, 9.17) is 17.3 Å². The zero-order valence-electron chi connectivity index (χ0n) is 17.0. The molecule has 1 aromatic carbocycles. The van der Waals surface area contributed by atoms with Crippen LogP contribution in [0.1, 0.15) is 18.4 Å². The minimum atomic E-state index is -3.13. The first-order chi connectivity index (χ1) is 13.8. The summed E-state index contributed by atoms with van der Waals surface area (Å²) < 4.78 is 29.6. The van der Waals surface area contributed by atoms with Gasteiger partial charge < -0.3 is 4.90 Å². The summed E-state index contributed by atoms with van der Waals surface area (Å²) in [6, 6.07) is 8.35.